The molecule has 0 atom stereocenters. The number of benzene rings is 3. The predicted octanol–water partition coefficient (Wildman–Crippen LogP) is 6.63. The molecule has 3 rings (SSSR count). The van der Waals surface area contributed by atoms with Gasteiger partial charge in [-0.05, 0) is 45.8 Å². The Labute approximate surface area is 246 Å². The third kappa shape index (κ3) is 6.86. The molecule has 0 saturated heterocycles. The normalized spacial score (nSPS) is 11.0. The highest BCUT2D eigenvalue weighted by atomic mass is 79.9. The Morgan fingerprint density at radius 1 is 0.707 bits per heavy atom. The van der Waals surface area contributed by atoms with E-state index >= 15 is 0 Å². The SMILES string of the molecule is COc1cc(N/C=C\C(=O)c2cc(OC)c(OC)c(OC)c2Br)c(/C=C\c2cc(OC)c(OC)c(OC)c2)cc1F. The van der Waals surface area contributed by atoms with Crippen LogP contribution >= 0.6 is 15.9 Å². The van der Waals surface area contributed by atoms with Crippen LogP contribution in [0.2, 0.25) is 0 Å². The molecule has 11 heteroatoms. The van der Waals surface area contributed by atoms with Crippen LogP contribution in [-0.4, -0.2) is 55.6 Å². The molecule has 0 aliphatic carbocycles. The van der Waals surface area contributed by atoms with Gasteiger partial charge in [0.2, 0.25) is 11.5 Å². The smallest absolute Gasteiger partial charge is 0.204 e. The Morgan fingerprint density at radius 3 is 1.80 bits per heavy atom. The van der Waals surface area contributed by atoms with Crippen LogP contribution in [0.4, 0.5) is 10.1 Å². The number of anilines is 1. The highest BCUT2D eigenvalue weighted by molar-refractivity contribution is 9.10. The number of rotatable bonds is 13. The zero-order valence-corrected chi connectivity index (χ0v) is 25.3. The molecule has 0 heterocycles. The van der Waals surface area contributed by atoms with Crippen LogP contribution in [0.1, 0.15) is 21.5 Å². The maximum absolute atomic E-state index is 14.7. The van der Waals surface area contributed by atoms with Crippen molar-refractivity contribution in [2.24, 2.45) is 0 Å². The molecule has 0 saturated carbocycles. The molecule has 0 unspecified atom stereocenters. The second kappa shape index (κ2) is 14.3. The fourth-order valence-electron chi connectivity index (χ4n) is 3.97. The average Bonchev–Trinajstić information content (AvgIpc) is 2.99. The van der Waals surface area contributed by atoms with E-state index in [0.29, 0.717) is 50.2 Å². The fraction of sp³-hybridized carbons (Fsp3) is 0.233. The highest BCUT2D eigenvalue weighted by Crippen LogP contribution is 2.45. The number of nitrogens with one attached hydrogen (secondary N) is 1. The first-order chi connectivity index (χ1) is 19.8. The molecule has 0 radical (unpaired) electrons. The summed E-state index contributed by atoms with van der Waals surface area (Å²) < 4.78 is 52.5. The van der Waals surface area contributed by atoms with Crippen LogP contribution in [0.15, 0.2) is 47.1 Å². The molecule has 0 bridgehead atoms. The van der Waals surface area contributed by atoms with E-state index in [2.05, 4.69) is 21.2 Å². The van der Waals surface area contributed by atoms with Gasteiger partial charge in [0.25, 0.3) is 0 Å². The Hall–Kier alpha value is -4.38. The van der Waals surface area contributed by atoms with Crippen molar-refractivity contribution in [2.45, 2.75) is 0 Å². The second-order valence-electron chi connectivity index (χ2n) is 8.21. The van der Waals surface area contributed by atoms with Gasteiger partial charge in [0.15, 0.2) is 40.3 Å². The molecule has 3 aromatic rings. The quantitative estimate of drug-likeness (QED) is 0.127. The van der Waals surface area contributed by atoms with Gasteiger partial charge < -0.3 is 38.5 Å². The lowest BCUT2D eigenvalue weighted by Crippen LogP contribution is -2.03. The number of hydrogen-bond acceptors (Lipinski definition) is 9. The number of carbonyl (C=O) groups is 1. The summed E-state index contributed by atoms with van der Waals surface area (Å²) in [6.07, 6.45) is 6.24. The van der Waals surface area contributed by atoms with E-state index in [1.54, 1.807) is 30.4 Å². The lowest BCUT2D eigenvalue weighted by Gasteiger charge is -2.15. The molecule has 0 aliphatic heterocycles. The first-order valence-corrected chi connectivity index (χ1v) is 12.9. The van der Waals surface area contributed by atoms with E-state index in [1.165, 1.54) is 74.2 Å². The topological polar surface area (TPSA) is 93.7 Å². The van der Waals surface area contributed by atoms with Gasteiger partial charge >= 0.3 is 0 Å². The summed E-state index contributed by atoms with van der Waals surface area (Å²) in [7, 11) is 10.3. The highest BCUT2D eigenvalue weighted by Gasteiger charge is 2.22. The van der Waals surface area contributed by atoms with E-state index in [0.717, 1.165) is 5.56 Å². The van der Waals surface area contributed by atoms with Crippen LogP contribution in [-0.2, 0) is 0 Å². The summed E-state index contributed by atoms with van der Waals surface area (Å²) in [6, 6.07) is 7.89. The monoisotopic (exact) mass is 631 g/mol. The van der Waals surface area contributed by atoms with Gasteiger partial charge in [-0.25, -0.2) is 4.39 Å². The first kappa shape index (κ1) is 31.2. The molecular formula is C30H31BrFNO8. The van der Waals surface area contributed by atoms with E-state index in [9.17, 15) is 9.18 Å². The molecular weight excluding hydrogens is 601 g/mol. The Bertz CT molecular complexity index is 1450. The van der Waals surface area contributed by atoms with Crippen LogP contribution in [0.5, 0.6) is 40.2 Å². The minimum atomic E-state index is -0.552. The van der Waals surface area contributed by atoms with Gasteiger partial charge in [-0.1, -0.05) is 12.2 Å². The molecule has 0 aromatic heterocycles. The van der Waals surface area contributed by atoms with Gasteiger partial charge in [0.05, 0.1) is 54.2 Å². The van der Waals surface area contributed by atoms with E-state index in [1.807, 2.05) is 0 Å². The molecule has 9 nitrogen and oxygen atoms in total. The summed E-state index contributed by atoms with van der Waals surface area (Å²) in [5, 5.41) is 3.04. The van der Waals surface area contributed by atoms with Crippen molar-refractivity contribution in [1.29, 1.82) is 0 Å². The summed E-state index contributed by atoms with van der Waals surface area (Å²) >= 11 is 3.42. The zero-order chi connectivity index (χ0) is 30.1. The predicted molar refractivity (Wildman–Crippen MR) is 159 cm³/mol. The van der Waals surface area contributed by atoms with E-state index in [-0.39, 0.29) is 17.1 Å². The maximum atomic E-state index is 14.7. The molecule has 0 spiro atoms. The molecule has 0 amide bonds. The van der Waals surface area contributed by atoms with Crippen molar-refractivity contribution in [3.8, 4) is 40.2 Å². The number of halogens is 2. The van der Waals surface area contributed by atoms with Gasteiger partial charge in [0, 0.05) is 35.2 Å². The van der Waals surface area contributed by atoms with Crippen molar-refractivity contribution < 1.29 is 42.3 Å². The minimum absolute atomic E-state index is 0.0320. The number of hydrogen-bond donors (Lipinski definition) is 1. The largest absolute Gasteiger partial charge is 0.494 e. The lowest BCUT2D eigenvalue weighted by atomic mass is 10.1. The lowest BCUT2D eigenvalue weighted by molar-refractivity contribution is 0.104. The molecule has 3 aromatic carbocycles. The van der Waals surface area contributed by atoms with E-state index < -0.39 is 5.82 Å². The average molecular weight is 632 g/mol. The Kier molecular flexibility index (Phi) is 10.9. The minimum Gasteiger partial charge on any atom is -0.494 e. The van der Waals surface area contributed by atoms with Crippen LogP contribution < -0.4 is 38.5 Å². The van der Waals surface area contributed by atoms with Crippen molar-refractivity contribution in [2.75, 3.05) is 55.1 Å². The van der Waals surface area contributed by atoms with Gasteiger partial charge in [-0.2, -0.15) is 0 Å². The molecule has 41 heavy (non-hydrogen) atoms. The molecule has 0 aliphatic rings. The Morgan fingerprint density at radius 2 is 1.27 bits per heavy atom. The number of ether oxygens (including phenoxy) is 7. The molecule has 0 fully saturated rings. The molecule has 218 valence electrons. The maximum Gasteiger partial charge on any atom is 0.204 e. The number of ketones is 1. The first-order valence-electron chi connectivity index (χ1n) is 12.1. The van der Waals surface area contributed by atoms with Gasteiger partial charge in [0.1, 0.15) is 0 Å². The number of methoxy groups -OCH3 is 7. The standard InChI is InChI=1S/C30H31BrFNO8/c1-35-23-16-21(33-11-10-22(34)19-15-26(38-4)29(40-6)30(41-7)27(19)31)18(14-20(23)32)9-8-17-12-24(36-2)28(39-5)25(13-17)37-3/h8-16,33H,1-7H3/b9-8-,11-10-. The summed E-state index contributed by atoms with van der Waals surface area (Å²) in [5.74, 6) is 1.54. The summed E-state index contributed by atoms with van der Waals surface area (Å²) in [4.78, 5) is 13.1. The third-order valence-corrected chi connectivity index (χ3v) is 6.76. The van der Waals surface area contributed by atoms with Crippen LogP contribution in [0.25, 0.3) is 12.2 Å². The summed E-state index contributed by atoms with van der Waals surface area (Å²) in [6.45, 7) is 0. The molecule has 1 N–H and O–H groups in total. The number of allylic oxidation sites excluding steroid dienone is 1. The van der Waals surface area contributed by atoms with Gasteiger partial charge in [-0.3, -0.25) is 4.79 Å². The zero-order valence-electron chi connectivity index (χ0n) is 23.7. The van der Waals surface area contributed by atoms with Gasteiger partial charge in [-0.15, -0.1) is 0 Å². The van der Waals surface area contributed by atoms with Crippen molar-refractivity contribution in [1.82, 2.24) is 0 Å². The second-order valence-corrected chi connectivity index (χ2v) is 9.01. The van der Waals surface area contributed by atoms with Crippen molar-refractivity contribution >= 4 is 39.6 Å². The summed E-state index contributed by atoms with van der Waals surface area (Å²) in [5.41, 5.74) is 1.99. The van der Waals surface area contributed by atoms with E-state index in [4.69, 9.17) is 33.2 Å². The van der Waals surface area contributed by atoms with Crippen molar-refractivity contribution in [3.63, 3.8) is 0 Å². The van der Waals surface area contributed by atoms with Crippen LogP contribution in [0.3, 0.4) is 0 Å². The van der Waals surface area contributed by atoms with Crippen LogP contribution in [0, 0.1) is 5.82 Å². The fourth-order valence-corrected chi connectivity index (χ4v) is 4.62. The van der Waals surface area contributed by atoms with Crippen molar-refractivity contribution in [3.05, 3.63) is 69.6 Å². The number of carbonyl (C=O) groups excluding carboxylic acids is 1. The Balaban J connectivity index is 1.95. The third-order valence-electron chi connectivity index (χ3n) is 5.97.